The Kier molecular flexibility index (Phi) is 4.20. The molecule has 25 heavy (non-hydrogen) atoms. The Labute approximate surface area is 148 Å². The number of likely N-dealkylation sites (tertiary alicyclic amines) is 1. The van der Waals surface area contributed by atoms with E-state index in [1.807, 2.05) is 12.3 Å². The first-order chi connectivity index (χ1) is 12.2. The lowest BCUT2D eigenvalue weighted by Gasteiger charge is -2.15. The molecule has 0 aromatic carbocycles. The average Bonchev–Trinajstić information content (AvgIpc) is 3.24. The van der Waals surface area contributed by atoms with Crippen molar-refractivity contribution in [3.63, 3.8) is 0 Å². The third-order valence-corrected chi connectivity index (χ3v) is 4.76. The number of rotatable bonds is 5. The van der Waals surface area contributed by atoms with Crippen LogP contribution in [0.2, 0.25) is 0 Å². The molecule has 1 aliphatic heterocycles. The molecule has 1 fully saturated rings. The Morgan fingerprint density at radius 3 is 2.84 bits per heavy atom. The predicted octanol–water partition coefficient (Wildman–Crippen LogP) is 4.20. The molecule has 0 radical (unpaired) electrons. The molecule has 0 saturated carbocycles. The van der Waals surface area contributed by atoms with Gasteiger partial charge in [0.15, 0.2) is 0 Å². The largest absolute Gasteiger partial charge is 0.340 e. The van der Waals surface area contributed by atoms with Crippen molar-refractivity contribution >= 4 is 23.5 Å². The highest BCUT2D eigenvalue weighted by Gasteiger charge is 2.19. The summed E-state index contributed by atoms with van der Waals surface area (Å²) in [5, 5.41) is 3.41. The third-order valence-electron chi connectivity index (χ3n) is 4.76. The zero-order valence-corrected chi connectivity index (χ0v) is 14.3. The van der Waals surface area contributed by atoms with E-state index in [4.69, 9.17) is 0 Å². The van der Waals surface area contributed by atoms with E-state index in [9.17, 15) is 0 Å². The molecule has 4 rings (SSSR count). The number of aromatic nitrogens is 2. The van der Waals surface area contributed by atoms with Crippen molar-refractivity contribution in [2.24, 2.45) is 0 Å². The Bertz CT molecular complexity index is 860. The maximum absolute atomic E-state index is 4.59. The number of pyridine rings is 2. The summed E-state index contributed by atoms with van der Waals surface area (Å²) in [6.45, 7) is 11.3. The van der Waals surface area contributed by atoms with E-state index < -0.39 is 0 Å². The number of hydrogen-bond donors (Lipinski definition) is 1. The van der Waals surface area contributed by atoms with Gasteiger partial charge in [-0.3, -0.25) is 4.90 Å². The molecule has 1 aliphatic carbocycles. The van der Waals surface area contributed by atoms with Crippen LogP contribution in [-0.2, 0) is 6.54 Å². The van der Waals surface area contributed by atoms with Crippen LogP contribution in [-0.4, -0.2) is 28.0 Å². The lowest BCUT2D eigenvalue weighted by Crippen LogP contribution is -2.18. The van der Waals surface area contributed by atoms with E-state index in [1.165, 1.54) is 31.5 Å². The zero-order chi connectivity index (χ0) is 17.2. The molecule has 0 unspecified atom stereocenters. The first-order valence-electron chi connectivity index (χ1n) is 8.72. The van der Waals surface area contributed by atoms with Crippen molar-refractivity contribution in [1.82, 2.24) is 14.9 Å². The van der Waals surface area contributed by atoms with Crippen LogP contribution in [0.1, 0.15) is 35.4 Å². The molecule has 1 saturated heterocycles. The van der Waals surface area contributed by atoms with Gasteiger partial charge in [-0.05, 0) is 61.8 Å². The van der Waals surface area contributed by atoms with Crippen LogP contribution in [0.5, 0.6) is 0 Å². The van der Waals surface area contributed by atoms with Crippen LogP contribution in [0.25, 0.3) is 17.7 Å². The van der Waals surface area contributed by atoms with Gasteiger partial charge in [0.1, 0.15) is 5.82 Å². The predicted molar refractivity (Wildman–Crippen MR) is 104 cm³/mol. The van der Waals surface area contributed by atoms with Crippen molar-refractivity contribution in [3.05, 3.63) is 71.8 Å². The van der Waals surface area contributed by atoms with Crippen LogP contribution in [0, 0.1) is 0 Å². The summed E-state index contributed by atoms with van der Waals surface area (Å²) in [6.07, 6.45) is 8.31. The van der Waals surface area contributed by atoms with E-state index in [0.29, 0.717) is 0 Å². The van der Waals surface area contributed by atoms with Gasteiger partial charge in [-0.1, -0.05) is 19.2 Å². The minimum atomic E-state index is 0.848. The second kappa shape index (κ2) is 6.65. The molecule has 2 aromatic heterocycles. The first-order valence-corrected chi connectivity index (χ1v) is 8.72. The van der Waals surface area contributed by atoms with E-state index >= 15 is 0 Å². The molecule has 0 bridgehead atoms. The monoisotopic (exact) mass is 330 g/mol. The van der Waals surface area contributed by atoms with E-state index in [-0.39, 0.29) is 0 Å². The van der Waals surface area contributed by atoms with Crippen molar-refractivity contribution in [1.29, 1.82) is 0 Å². The van der Waals surface area contributed by atoms with E-state index in [1.54, 1.807) is 6.08 Å². The summed E-state index contributed by atoms with van der Waals surface area (Å²) in [7, 11) is 0. The lowest BCUT2D eigenvalue weighted by molar-refractivity contribution is 0.331. The number of anilines is 1. The average molecular weight is 330 g/mol. The van der Waals surface area contributed by atoms with Gasteiger partial charge in [-0.2, -0.15) is 0 Å². The van der Waals surface area contributed by atoms with Gasteiger partial charge in [-0.15, -0.1) is 0 Å². The van der Waals surface area contributed by atoms with Crippen LogP contribution in [0.3, 0.4) is 0 Å². The van der Waals surface area contributed by atoms with Gasteiger partial charge in [0.2, 0.25) is 0 Å². The van der Waals surface area contributed by atoms with Crippen LogP contribution >= 0.6 is 0 Å². The number of nitrogens with zero attached hydrogens (tertiary/aromatic N) is 3. The Balaban J connectivity index is 1.51. The van der Waals surface area contributed by atoms with Gasteiger partial charge < -0.3 is 5.32 Å². The maximum atomic E-state index is 4.59. The first kappa shape index (κ1) is 15.8. The van der Waals surface area contributed by atoms with Crippen molar-refractivity contribution in [2.45, 2.75) is 19.4 Å². The highest BCUT2D eigenvalue weighted by atomic mass is 15.1. The smallest absolute Gasteiger partial charge is 0.130 e. The fourth-order valence-corrected chi connectivity index (χ4v) is 3.42. The van der Waals surface area contributed by atoms with Crippen LogP contribution < -0.4 is 5.32 Å². The van der Waals surface area contributed by atoms with Gasteiger partial charge in [-0.25, -0.2) is 9.97 Å². The van der Waals surface area contributed by atoms with E-state index in [2.05, 4.69) is 57.6 Å². The summed E-state index contributed by atoms with van der Waals surface area (Å²) >= 11 is 0. The third kappa shape index (κ3) is 3.26. The standard InChI is InChI=1S/C21H22N4/c1-3-18-7-6-17-13-19(15(2)21(17)23-18)24-20-12-16(8-9-22-20)14-25-10-4-5-11-25/h3,6-9,12-13H,1-2,4-5,10-11,14H2,(H,22,24). The quantitative estimate of drug-likeness (QED) is 0.892. The molecule has 126 valence electrons. The lowest BCUT2D eigenvalue weighted by atomic mass is 10.1. The fourth-order valence-electron chi connectivity index (χ4n) is 3.42. The molecule has 4 nitrogen and oxygen atoms in total. The molecule has 3 heterocycles. The summed E-state index contributed by atoms with van der Waals surface area (Å²) in [6, 6.07) is 8.23. The molecule has 2 aliphatic rings. The number of allylic oxidation sites excluding steroid dienone is 1. The number of fused-ring (bicyclic) bond motifs is 1. The zero-order valence-electron chi connectivity index (χ0n) is 14.3. The maximum Gasteiger partial charge on any atom is 0.130 e. The molecule has 2 aromatic rings. The van der Waals surface area contributed by atoms with Gasteiger partial charge in [0, 0.05) is 29.6 Å². The van der Waals surface area contributed by atoms with Gasteiger partial charge >= 0.3 is 0 Å². The normalized spacial score (nSPS) is 16.6. The van der Waals surface area contributed by atoms with Gasteiger partial charge in [0.25, 0.3) is 0 Å². The molecule has 0 spiro atoms. The molecule has 0 atom stereocenters. The highest BCUT2D eigenvalue weighted by Crippen LogP contribution is 2.33. The van der Waals surface area contributed by atoms with Crippen LogP contribution in [0.4, 0.5) is 5.82 Å². The summed E-state index contributed by atoms with van der Waals surface area (Å²) < 4.78 is 0. The second-order valence-corrected chi connectivity index (χ2v) is 6.57. The Morgan fingerprint density at radius 2 is 2.04 bits per heavy atom. The summed E-state index contributed by atoms with van der Waals surface area (Å²) in [5.41, 5.74) is 5.98. The molecular formula is C21H22N4. The topological polar surface area (TPSA) is 41.1 Å². The SMILES string of the molecule is C=Cc1ccc2c(n1)C(=C)C(Nc1cc(CN3CCCC3)ccn1)=C2. The molecular weight excluding hydrogens is 308 g/mol. The van der Waals surface area contributed by atoms with Crippen molar-refractivity contribution in [2.75, 3.05) is 18.4 Å². The van der Waals surface area contributed by atoms with Crippen molar-refractivity contribution < 1.29 is 0 Å². The fraction of sp³-hybridized carbons (Fsp3) is 0.238. The van der Waals surface area contributed by atoms with Gasteiger partial charge in [0.05, 0.1) is 11.4 Å². The van der Waals surface area contributed by atoms with E-state index in [0.717, 1.165) is 40.6 Å². The Hall–Kier alpha value is -2.72. The second-order valence-electron chi connectivity index (χ2n) is 6.57. The summed E-state index contributed by atoms with van der Waals surface area (Å²) in [5.74, 6) is 0.848. The highest BCUT2D eigenvalue weighted by molar-refractivity contribution is 5.94. The summed E-state index contributed by atoms with van der Waals surface area (Å²) in [4.78, 5) is 11.5. The minimum absolute atomic E-state index is 0.848. The van der Waals surface area contributed by atoms with Crippen LogP contribution in [0.15, 0.2) is 49.3 Å². The molecule has 1 N–H and O–H groups in total. The molecule has 0 amide bonds. The minimum Gasteiger partial charge on any atom is -0.340 e. The van der Waals surface area contributed by atoms with Crippen molar-refractivity contribution in [3.8, 4) is 0 Å². The number of nitrogens with one attached hydrogen (secondary N) is 1. The number of hydrogen-bond acceptors (Lipinski definition) is 4. The molecule has 4 heteroatoms. The Morgan fingerprint density at radius 1 is 1.20 bits per heavy atom.